The standard InChI is InChI=1S/C55H36Cl2N4S4/c56-49-51(58-36-19-2-9-26-43(36)63-44-27-10-3-20-37(44)58)52(59-38-21-4-11-28-45(38)64-46-29-12-5-22-39(46)59)50(57)54(61(35-18-1-8-25-42(35)62)55-32-16-15-17-34(55)33-55)53(49)60-40-23-6-13-30-47(40)65-48-31-14-7-24-41(48)60/h1-32,34,62H,33H2. The third kappa shape index (κ3) is 6.11. The molecule has 1 saturated carbocycles. The predicted molar refractivity (Wildman–Crippen MR) is 278 cm³/mol. The molecule has 0 saturated heterocycles. The summed E-state index contributed by atoms with van der Waals surface area (Å²) in [4.78, 5) is 17.2. The Morgan fingerprint density at radius 2 is 0.831 bits per heavy atom. The van der Waals surface area contributed by atoms with Crippen LogP contribution in [0.15, 0.2) is 228 Å². The lowest BCUT2D eigenvalue weighted by molar-refractivity contribution is 0.746. The number of hydrogen-bond donors (Lipinski definition) is 1. The Kier molecular flexibility index (Phi) is 9.49. The fraction of sp³-hybridized carbons (Fsp3) is 0.0545. The quantitative estimate of drug-likeness (QED) is 0.165. The van der Waals surface area contributed by atoms with E-state index in [2.05, 4.69) is 208 Å². The summed E-state index contributed by atoms with van der Waals surface area (Å²) in [7, 11) is 0. The predicted octanol–water partition coefficient (Wildman–Crippen LogP) is 18.1. The van der Waals surface area contributed by atoms with E-state index in [4.69, 9.17) is 35.8 Å². The van der Waals surface area contributed by atoms with Gasteiger partial charge in [0, 0.05) is 40.2 Å². The van der Waals surface area contributed by atoms with Gasteiger partial charge in [0.15, 0.2) is 0 Å². The molecule has 10 heteroatoms. The molecule has 0 aromatic heterocycles. The van der Waals surface area contributed by atoms with Crippen LogP contribution in [0.3, 0.4) is 0 Å². The molecule has 13 rings (SSSR count). The van der Waals surface area contributed by atoms with Gasteiger partial charge in [-0.2, -0.15) is 0 Å². The first-order valence-electron chi connectivity index (χ1n) is 21.5. The zero-order valence-corrected chi connectivity index (χ0v) is 39.3. The molecule has 2 aliphatic carbocycles. The van der Waals surface area contributed by atoms with Gasteiger partial charge in [-0.25, -0.2) is 0 Å². The van der Waals surface area contributed by atoms with Crippen molar-refractivity contribution >= 4 is 134 Å². The summed E-state index contributed by atoms with van der Waals surface area (Å²) in [6.45, 7) is 0. The van der Waals surface area contributed by atoms with Crippen LogP contribution in [-0.2, 0) is 0 Å². The van der Waals surface area contributed by atoms with Crippen molar-refractivity contribution in [2.24, 2.45) is 5.92 Å². The first-order chi connectivity index (χ1) is 32.0. The third-order valence-corrected chi connectivity index (χ3v) is 17.4. The van der Waals surface area contributed by atoms with Crippen LogP contribution in [0.4, 0.5) is 62.6 Å². The second-order valence-corrected chi connectivity index (χ2v) is 21.0. The molecule has 8 aromatic rings. The molecule has 0 amide bonds. The van der Waals surface area contributed by atoms with Crippen molar-refractivity contribution in [3.8, 4) is 0 Å². The lowest BCUT2D eigenvalue weighted by atomic mass is 10.00. The van der Waals surface area contributed by atoms with Crippen LogP contribution in [0.5, 0.6) is 0 Å². The smallest absolute Gasteiger partial charge is 0.0931 e. The van der Waals surface area contributed by atoms with Crippen LogP contribution in [0.1, 0.15) is 6.42 Å². The molecule has 4 nitrogen and oxygen atoms in total. The molecule has 8 aromatic carbocycles. The molecule has 1 fully saturated rings. The van der Waals surface area contributed by atoms with Crippen LogP contribution >= 0.6 is 71.1 Å². The highest BCUT2D eigenvalue weighted by molar-refractivity contribution is 8.00. The Balaban J connectivity index is 1.25. The van der Waals surface area contributed by atoms with Crippen LogP contribution in [-0.4, -0.2) is 5.54 Å². The van der Waals surface area contributed by atoms with Gasteiger partial charge in [0.25, 0.3) is 0 Å². The van der Waals surface area contributed by atoms with Gasteiger partial charge in [0.2, 0.25) is 0 Å². The second kappa shape index (κ2) is 15.5. The number of benzene rings is 8. The highest BCUT2D eigenvalue weighted by Gasteiger charge is 2.58. The van der Waals surface area contributed by atoms with Crippen molar-refractivity contribution in [2.45, 2.75) is 46.2 Å². The molecule has 0 spiro atoms. The molecule has 3 heterocycles. The minimum atomic E-state index is -0.452. The van der Waals surface area contributed by atoms with Gasteiger partial charge < -0.3 is 19.6 Å². The summed E-state index contributed by atoms with van der Waals surface area (Å²) in [5.74, 6) is 0.230. The van der Waals surface area contributed by atoms with E-state index < -0.39 is 5.54 Å². The molecule has 5 aliphatic rings. The van der Waals surface area contributed by atoms with E-state index in [0.717, 1.165) is 103 Å². The van der Waals surface area contributed by atoms with Gasteiger partial charge in [0.05, 0.1) is 78.1 Å². The molecule has 0 bridgehead atoms. The summed E-state index contributed by atoms with van der Waals surface area (Å²) in [5, 5.41) is 1.13. The molecule has 3 aliphatic heterocycles. The lowest BCUT2D eigenvalue weighted by Crippen LogP contribution is -2.36. The Morgan fingerprint density at radius 1 is 0.462 bits per heavy atom. The maximum atomic E-state index is 8.72. The highest BCUT2D eigenvalue weighted by Crippen LogP contribution is 2.69. The first kappa shape index (κ1) is 39.8. The average Bonchev–Trinajstić information content (AvgIpc) is 4.09. The Labute approximate surface area is 406 Å². The van der Waals surface area contributed by atoms with Crippen molar-refractivity contribution in [3.05, 3.63) is 204 Å². The minimum Gasteiger partial charge on any atom is -0.327 e. The monoisotopic (exact) mass is 950 g/mol. The maximum absolute atomic E-state index is 8.72. The molecular weight excluding hydrogens is 916 g/mol. The van der Waals surface area contributed by atoms with Crippen molar-refractivity contribution in [1.29, 1.82) is 0 Å². The first-order valence-corrected chi connectivity index (χ1v) is 25.1. The zero-order valence-electron chi connectivity index (χ0n) is 34.5. The number of thiol groups is 1. The van der Waals surface area contributed by atoms with E-state index >= 15 is 0 Å². The topological polar surface area (TPSA) is 13.0 Å². The fourth-order valence-corrected chi connectivity index (χ4v) is 14.1. The number of nitrogens with zero attached hydrogens (tertiary/aromatic N) is 4. The van der Waals surface area contributed by atoms with Gasteiger partial charge in [0.1, 0.15) is 0 Å². The summed E-state index contributed by atoms with van der Waals surface area (Å²) in [6.07, 6.45) is 9.92. The largest absolute Gasteiger partial charge is 0.327 e. The van der Waals surface area contributed by atoms with Gasteiger partial charge >= 0.3 is 0 Å². The third-order valence-electron chi connectivity index (χ3n) is 12.9. The summed E-state index contributed by atoms with van der Waals surface area (Å²) < 4.78 is 0. The number of halogens is 2. The van der Waals surface area contributed by atoms with Crippen LogP contribution in [0.25, 0.3) is 0 Å². The van der Waals surface area contributed by atoms with E-state index in [-0.39, 0.29) is 5.92 Å². The summed E-state index contributed by atoms with van der Waals surface area (Å²) in [6, 6.07) is 60.1. The summed E-state index contributed by atoms with van der Waals surface area (Å²) in [5.41, 5.74) is 9.80. The van der Waals surface area contributed by atoms with Gasteiger partial charge in [-0.1, -0.05) is 168 Å². The molecule has 2 unspecified atom stereocenters. The average molecular weight is 952 g/mol. The lowest BCUT2D eigenvalue weighted by Gasteiger charge is -2.45. The number of para-hydroxylation sites is 7. The SMILES string of the molecule is Sc1ccccc1N(c1c(Cl)c(N2c3ccccc3Sc3ccccc32)c(N2c3ccccc3Sc3ccccc32)c(Cl)c1N1c2ccccc2Sc2ccccc21)C12C=CC=CC1C2. The zero-order chi connectivity index (χ0) is 43.4. The van der Waals surface area contributed by atoms with Crippen LogP contribution in [0.2, 0.25) is 10.0 Å². The minimum absolute atomic E-state index is 0.230. The Hall–Kier alpha value is -5.58. The van der Waals surface area contributed by atoms with Gasteiger partial charge in [-0.05, 0) is 91.3 Å². The van der Waals surface area contributed by atoms with Gasteiger partial charge in [-0.3, -0.25) is 0 Å². The van der Waals surface area contributed by atoms with E-state index in [1.807, 2.05) is 6.07 Å². The van der Waals surface area contributed by atoms with Crippen molar-refractivity contribution in [3.63, 3.8) is 0 Å². The van der Waals surface area contributed by atoms with E-state index in [0.29, 0.717) is 10.0 Å². The Bertz CT molecular complexity index is 3220. The van der Waals surface area contributed by atoms with Crippen molar-refractivity contribution in [1.82, 2.24) is 0 Å². The number of anilines is 11. The van der Waals surface area contributed by atoms with Crippen LogP contribution < -0.4 is 19.6 Å². The number of allylic oxidation sites excluding steroid dienone is 2. The molecule has 314 valence electrons. The molecule has 0 N–H and O–H groups in total. The molecule has 0 radical (unpaired) electrons. The number of fused-ring (bicyclic) bond motifs is 7. The molecular formula is C55H36Cl2N4S4. The van der Waals surface area contributed by atoms with Crippen molar-refractivity contribution < 1.29 is 0 Å². The number of hydrogen-bond acceptors (Lipinski definition) is 8. The van der Waals surface area contributed by atoms with Crippen molar-refractivity contribution in [2.75, 3.05) is 19.6 Å². The fourth-order valence-electron chi connectivity index (χ4n) is 9.97. The van der Waals surface area contributed by atoms with E-state index in [9.17, 15) is 0 Å². The van der Waals surface area contributed by atoms with E-state index in [1.165, 1.54) is 0 Å². The second-order valence-electron chi connectivity index (χ2n) is 16.5. The highest BCUT2D eigenvalue weighted by atomic mass is 35.5. The maximum Gasteiger partial charge on any atom is 0.0931 e. The summed E-state index contributed by atoms with van der Waals surface area (Å²) >= 11 is 28.0. The van der Waals surface area contributed by atoms with E-state index in [1.54, 1.807) is 35.3 Å². The molecule has 65 heavy (non-hydrogen) atoms. The van der Waals surface area contributed by atoms with Gasteiger partial charge in [-0.15, -0.1) is 12.6 Å². The Morgan fingerprint density at radius 3 is 1.25 bits per heavy atom. The van der Waals surface area contributed by atoms with Crippen LogP contribution in [0, 0.1) is 5.92 Å². The number of rotatable bonds is 6. The molecule has 2 atom stereocenters. The normalized spacial score (nSPS) is 18.1.